The molecular formula is C32H32N4O2. The highest BCUT2D eigenvalue weighted by Gasteiger charge is 2.21. The lowest BCUT2D eigenvalue weighted by atomic mass is 10.0. The van der Waals surface area contributed by atoms with Crippen LogP contribution in [0.2, 0.25) is 0 Å². The Balaban J connectivity index is 1.13. The third kappa shape index (κ3) is 5.41. The van der Waals surface area contributed by atoms with Gasteiger partial charge >= 0.3 is 0 Å². The molecule has 1 aliphatic heterocycles. The van der Waals surface area contributed by atoms with Gasteiger partial charge in [0.15, 0.2) is 5.82 Å². The molecular weight excluding hydrogens is 472 g/mol. The molecule has 0 saturated carbocycles. The number of ether oxygens (including phenoxy) is 2. The molecule has 1 saturated heterocycles. The first kappa shape index (κ1) is 24.2. The first-order chi connectivity index (χ1) is 18.7. The van der Waals surface area contributed by atoms with Crippen molar-refractivity contribution in [3.05, 3.63) is 102 Å². The van der Waals surface area contributed by atoms with E-state index >= 15 is 0 Å². The molecule has 0 spiro atoms. The van der Waals surface area contributed by atoms with Crippen LogP contribution in [-0.4, -0.2) is 41.3 Å². The van der Waals surface area contributed by atoms with Crippen LogP contribution in [0.5, 0.6) is 11.5 Å². The second kappa shape index (κ2) is 11.1. The van der Waals surface area contributed by atoms with Crippen molar-refractivity contribution in [2.75, 3.05) is 25.5 Å². The Morgan fingerprint density at radius 2 is 1.58 bits per heavy atom. The Kier molecular flexibility index (Phi) is 7.05. The van der Waals surface area contributed by atoms with Crippen molar-refractivity contribution in [1.29, 1.82) is 0 Å². The number of methoxy groups -OCH3 is 1. The van der Waals surface area contributed by atoms with Crippen molar-refractivity contribution in [1.82, 2.24) is 15.1 Å². The second-order valence-electron chi connectivity index (χ2n) is 9.88. The number of hydrogen-bond acceptors (Lipinski definition) is 6. The van der Waals surface area contributed by atoms with Gasteiger partial charge in [0.1, 0.15) is 23.8 Å². The van der Waals surface area contributed by atoms with Gasteiger partial charge in [-0.2, -0.15) is 0 Å². The fourth-order valence-electron chi connectivity index (χ4n) is 5.22. The highest BCUT2D eigenvalue weighted by Crippen LogP contribution is 2.30. The third-order valence-electron chi connectivity index (χ3n) is 7.33. The average Bonchev–Trinajstić information content (AvgIpc) is 2.98. The van der Waals surface area contributed by atoms with Crippen LogP contribution in [0.4, 0.5) is 5.82 Å². The number of aromatic nitrogens is 2. The number of para-hydroxylation sites is 1. The maximum atomic E-state index is 5.97. The molecule has 0 amide bonds. The Morgan fingerprint density at radius 3 is 2.39 bits per heavy atom. The van der Waals surface area contributed by atoms with E-state index < -0.39 is 0 Å². The van der Waals surface area contributed by atoms with Gasteiger partial charge in [0.2, 0.25) is 0 Å². The van der Waals surface area contributed by atoms with Gasteiger partial charge in [-0.3, -0.25) is 4.90 Å². The Hall–Kier alpha value is -4.16. The molecule has 1 aromatic heterocycles. The number of hydrogen-bond donors (Lipinski definition) is 1. The molecule has 6 rings (SSSR count). The summed E-state index contributed by atoms with van der Waals surface area (Å²) >= 11 is 0. The smallest absolute Gasteiger partial charge is 0.156 e. The molecule has 2 heterocycles. The normalized spacial score (nSPS) is 14.6. The van der Waals surface area contributed by atoms with E-state index in [1.165, 1.54) is 16.3 Å². The zero-order valence-electron chi connectivity index (χ0n) is 21.6. The zero-order chi connectivity index (χ0) is 25.7. The van der Waals surface area contributed by atoms with Gasteiger partial charge in [0, 0.05) is 36.4 Å². The first-order valence-corrected chi connectivity index (χ1v) is 13.2. The van der Waals surface area contributed by atoms with E-state index in [-0.39, 0.29) is 0 Å². The highest BCUT2D eigenvalue weighted by molar-refractivity contribution is 5.94. The van der Waals surface area contributed by atoms with Crippen molar-refractivity contribution in [2.45, 2.75) is 32.0 Å². The van der Waals surface area contributed by atoms with E-state index in [2.05, 4.69) is 62.9 Å². The molecule has 38 heavy (non-hydrogen) atoms. The third-order valence-corrected chi connectivity index (χ3v) is 7.33. The summed E-state index contributed by atoms with van der Waals surface area (Å²) in [4.78, 5) is 2.54. The molecule has 1 fully saturated rings. The summed E-state index contributed by atoms with van der Waals surface area (Å²) in [5, 5.41) is 17.5. The molecule has 192 valence electrons. The number of nitrogens with one attached hydrogen (secondary N) is 1. The maximum Gasteiger partial charge on any atom is 0.156 e. The van der Waals surface area contributed by atoms with Gasteiger partial charge in [0.05, 0.1) is 7.11 Å². The number of nitrogens with zero attached hydrogens (tertiary/aromatic N) is 3. The number of likely N-dealkylation sites (tertiary alicyclic amines) is 1. The molecule has 0 aliphatic carbocycles. The number of benzene rings is 4. The van der Waals surface area contributed by atoms with Crippen molar-refractivity contribution in [3.63, 3.8) is 0 Å². The first-order valence-electron chi connectivity index (χ1n) is 13.2. The lowest BCUT2D eigenvalue weighted by Crippen LogP contribution is -2.38. The predicted octanol–water partition coefficient (Wildman–Crippen LogP) is 6.45. The molecule has 0 atom stereocenters. The average molecular weight is 505 g/mol. The summed E-state index contributed by atoms with van der Waals surface area (Å²) in [7, 11) is 1.69. The Labute approximate surface area is 223 Å². The largest absolute Gasteiger partial charge is 0.497 e. The Morgan fingerprint density at radius 1 is 0.789 bits per heavy atom. The SMILES string of the molecule is COc1ccc2c(COc3ccccc3)nnc(NC3CCN(Cc4ccc5ccccc5c4)CC3)c2c1. The molecule has 1 N–H and O–H groups in total. The standard InChI is InChI=1S/C32H32N4O2/c1-37-28-13-14-29-30(20-28)32(35-34-31(29)22-38-27-9-3-2-4-10-27)33-26-15-17-36(18-16-26)21-23-11-12-24-7-5-6-8-25(24)19-23/h2-14,19-20,26H,15-18,21-22H2,1H3,(H,33,35). The molecule has 4 aromatic carbocycles. The summed E-state index contributed by atoms with van der Waals surface area (Å²) in [6.07, 6.45) is 2.11. The number of anilines is 1. The molecule has 6 nitrogen and oxygen atoms in total. The minimum atomic E-state index is 0.345. The van der Waals surface area contributed by atoms with Gasteiger partial charge in [-0.05, 0) is 65.6 Å². The minimum Gasteiger partial charge on any atom is -0.497 e. The van der Waals surface area contributed by atoms with E-state index in [0.29, 0.717) is 12.6 Å². The van der Waals surface area contributed by atoms with Gasteiger partial charge in [-0.15, -0.1) is 10.2 Å². The molecule has 6 heteroatoms. The van der Waals surface area contributed by atoms with Crippen LogP contribution in [0.3, 0.4) is 0 Å². The molecule has 0 radical (unpaired) electrons. The topological polar surface area (TPSA) is 59.5 Å². The zero-order valence-corrected chi connectivity index (χ0v) is 21.6. The summed E-state index contributed by atoms with van der Waals surface area (Å²) in [6.45, 7) is 3.42. The van der Waals surface area contributed by atoms with Gasteiger partial charge < -0.3 is 14.8 Å². The lowest BCUT2D eigenvalue weighted by molar-refractivity contribution is 0.211. The fourth-order valence-corrected chi connectivity index (χ4v) is 5.22. The Bertz CT molecular complexity index is 1530. The summed E-state index contributed by atoms with van der Waals surface area (Å²) in [5.74, 6) is 2.41. The maximum absolute atomic E-state index is 5.97. The molecule has 0 bridgehead atoms. The van der Waals surface area contributed by atoms with E-state index in [1.807, 2.05) is 48.5 Å². The van der Waals surface area contributed by atoms with E-state index in [0.717, 1.165) is 66.3 Å². The van der Waals surface area contributed by atoms with Crippen LogP contribution >= 0.6 is 0 Å². The van der Waals surface area contributed by atoms with Crippen molar-refractivity contribution in [2.24, 2.45) is 0 Å². The van der Waals surface area contributed by atoms with Gasteiger partial charge in [-0.25, -0.2) is 0 Å². The van der Waals surface area contributed by atoms with Crippen LogP contribution < -0.4 is 14.8 Å². The van der Waals surface area contributed by atoms with E-state index in [9.17, 15) is 0 Å². The summed E-state index contributed by atoms with van der Waals surface area (Å²) in [6, 6.07) is 31.5. The highest BCUT2D eigenvalue weighted by atomic mass is 16.5. The van der Waals surface area contributed by atoms with Gasteiger partial charge in [-0.1, -0.05) is 54.6 Å². The summed E-state index contributed by atoms with van der Waals surface area (Å²) < 4.78 is 11.5. The van der Waals surface area contributed by atoms with E-state index in [4.69, 9.17) is 9.47 Å². The van der Waals surface area contributed by atoms with Crippen LogP contribution in [0.25, 0.3) is 21.5 Å². The molecule has 5 aromatic rings. The van der Waals surface area contributed by atoms with Crippen molar-refractivity contribution < 1.29 is 9.47 Å². The number of rotatable bonds is 8. The van der Waals surface area contributed by atoms with Crippen LogP contribution in [0.15, 0.2) is 91.0 Å². The van der Waals surface area contributed by atoms with Gasteiger partial charge in [0.25, 0.3) is 0 Å². The minimum absolute atomic E-state index is 0.345. The second-order valence-corrected chi connectivity index (χ2v) is 9.88. The lowest BCUT2D eigenvalue weighted by Gasteiger charge is -2.32. The van der Waals surface area contributed by atoms with E-state index in [1.54, 1.807) is 7.11 Å². The van der Waals surface area contributed by atoms with Crippen LogP contribution in [-0.2, 0) is 13.2 Å². The molecule has 0 unspecified atom stereocenters. The number of piperidine rings is 1. The fraction of sp³-hybridized carbons (Fsp3) is 0.250. The van der Waals surface area contributed by atoms with Crippen molar-refractivity contribution in [3.8, 4) is 11.5 Å². The molecule has 1 aliphatic rings. The quantitative estimate of drug-likeness (QED) is 0.262. The number of fused-ring (bicyclic) bond motifs is 2. The predicted molar refractivity (Wildman–Crippen MR) is 153 cm³/mol. The van der Waals surface area contributed by atoms with Crippen molar-refractivity contribution >= 4 is 27.4 Å². The monoisotopic (exact) mass is 504 g/mol. The van der Waals surface area contributed by atoms with Crippen LogP contribution in [0.1, 0.15) is 24.1 Å². The van der Waals surface area contributed by atoms with Crippen LogP contribution in [0, 0.1) is 0 Å². The summed E-state index contributed by atoms with van der Waals surface area (Å²) in [5.41, 5.74) is 2.18.